The molecule has 3 aromatic rings. The van der Waals surface area contributed by atoms with Crippen molar-refractivity contribution >= 4 is 28.7 Å². The summed E-state index contributed by atoms with van der Waals surface area (Å²) in [5, 5.41) is 13.5. The smallest absolute Gasteiger partial charge is 0.407 e. The second-order valence-electron chi connectivity index (χ2n) is 8.60. The van der Waals surface area contributed by atoms with Gasteiger partial charge in [0.2, 0.25) is 0 Å². The summed E-state index contributed by atoms with van der Waals surface area (Å²) in [6, 6.07) is 9.39. The molecule has 1 saturated heterocycles. The summed E-state index contributed by atoms with van der Waals surface area (Å²) in [6.07, 6.45) is 8.00. The zero-order chi connectivity index (χ0) is 24.5. The quantitative estimate of drug-likeness (QED) is 0.390. The summed E-state index contributed by atoms with van der Waals surface area (Å²) in [4.78, 5) is 32.8. The molecule has 1 atom stereocenters. The van der Waals surface area contributed by atoms with Gasteiger partial charge in [-0.3, -0.25) is 10.3 Å². The van der Waals surface area contributed by atoms with Crippen molar-refractivity contribution in [3.8, 4) is 11.1 Å². The molecule has 1 aliphatic heterocycles. The van der Waals surface area contributed by atoms with Gasteiger partial charge in [-0.2, -0.15) is 0 Å². The minimum absolute atomic E-state index is 0.307. The highest BCUT2D eigenvalue weighted by molar-refractivity contribution is 6.00. The number of pyridine rings is 2. The Balaban J connectivity index is 1.48. The van der Waals surface area contributed by atoms with Gasteiger partial charge >= 0.3 is 12.1 Å². The van der Waals surface area contributed by atoms with E-state index < -0.39 is 6.09 Å². The number of ether oxygens (including phenoxy) is 1. The molecular formula is C26H32N6O3. The van der Waals surface area contributed by atoms with Crippen molar-refractivity contribution in [1.82, 2.24) is 25.9 Å². The average Bonchev–Trinajstić information content (AvgIpc) is 2.88. The summed E-state index contributed by atoms with van der Waals surface area (Å²) >= 11 is 0. The number of alkyl carbamates (subject to hydrolysis) is 1. The SMILES string of the molecule is CCNC(=O)Nc1cc2c(-c3ccncc3)ccc(CNC(=O)OCC[C@H]3CCCNC3)c2cn1. The molecule has 4 N–H and O–H groups in total. The number of carbonyl (C=O) groups excluding carboxylic acids is 2. The minimum atomic E-state index is -0.428. The van der Waals surface area contributed by atoms with Crippen LogP contribution < -0.4 is 21.3 Å². The van der Waals surface area contributed by atoms with E-state index in [0.29, 0.717) is 31.4 Å². The maximum Gasteiger partial charge on any atom is 0.407 e. The van der Waals surface area contributed by atoms with Gasteiger partial charge in [0.05, 0.1) is 6.61 Å². The van der Waals surface area contributed by atoms with E-state index in [0.717, 1.165) is 47.0 Å². The summed E-state index contributed by atoms with van der Waals surface area (Å²) < 4.78 is 5.40. The fraction of sp³-hybridized carbons (Fsp3) is 0.385. The first kappa shape index (κ1) is 24.4. The number of benzene rings is 1. The van der Waals surface area contributed by atoms with E-state index in [2.05, 4.69) is 31.2 Å². The molecule has 4 rings (SSSR count). The van der Waals surface area contributed by atoms with Gasteiger partial charge in [0.25, 0.3) is 0 Å². The number of amides is 3. The largest absolute Gasteiger partial charge is 0.450 e. The molecule has 1 fully saturated rings. The Labute approximate surface area is 205 Å². The van der Waals surface area contributed by atoms with Gasteiger partial charge in [0.1, 0.15) is 5.82 Å². The van der Waals surface area contributed by atoms with E-state index in [9.17, 15) is 9.59 Å². The standard InChI is InChI=1S/C26H32N6O3/c1-2-29-25(33)32-24-14-22-21(19-7-11-27-12-8-19)6-5-20(23(22)17-30-24)16-31-26(34)35-13-9-18-4-3-10-28-15-18/h5-8,11-12,14,17-18,28H,2-4,9-10,13,15-16H2,1H3,(H,31,34)(H2,29,30,32,33)/t18-/m1/s1. The number of anilines is 1. The fourth-order valence-corrected chi connectivity index (χ4v) is 4.33. The number of fused-ring (bicyclic) bond motifs is 1. The van der Waals surface area contributed by atoms with Crippen LogP contribution in [0.2, 0.25) is 0 Å². The van der Waals surface area contributed by atoms with E-state index in [-0.39, 0.29) is 6.03 Å². The highest BCUT2D eigenvalue weighted by atomic mass is 16.5. The predicted molar refractivity (Wildman–Crippen MR) is 136 cm³/mol. The molecule has 0 aliphatic carbocycles. The van der Waals surface area contributed by atoms with Gasteiger partial charge in [-0.25, -0.2) is 14.6 Å². The molecule has 0 radical (unpaired) electrons. The number of rotatable bonds is 8. The summed E-state index contributed by atoms with van der Waals surface area (Å²) in [7, 11) is 0. The molecule has 1 aliphatic rings. The number of nitrogens with zero attached hydrogens (tertiary/aromatic N) is 2. The Morgan fingerprint density at radius 2 is 2.00 bits per heavy atom. The maximum absolute atomic E-state index is 12.3. The zero-order valence-corrected chi connectivity index (χ0v) is 20.0. The van der Waals surface area contributed by atoms with Crippen molar-refractivity contribution in [1.29, 1.82) is 0 Å². The first-order valence-electron chi connectivity index (χ1n) is 12.1. The Morgan fingerprint density at radius 3 is 2.77 bits per heavy atom. The Morgan fingerprint density at radius 1 is 1.14 bits per heavy atom. The van der Waals surface area contributed by atoms with Gasteiger partial charge in [-0.15, -0.1) is 0 Å². The Kier molecular flexibility index (Phi) is 8.45. The number of hydrogen-bond acceptors (Lipinski definition) is 6. The summed E-state index contributed by atoms with van der Waals surface area (Å²) in [6.45, 7) is 5.16. The molecular weight excluding hydrogens is 444 g/mol. The minimum Gasteiger partial charge on any atom is -0.450 e. The average molecular weight is 477 g/mol. The number of nitrogens with one attached hydrogen (secondary N) is 4. The van der Waals surface area contributed by atoms with E-state index in [1.807, 2.05) is 37.3 Å². The molecule has 0 bridgehead atoms. The molecule has 9 nitrogen and oxygen atoms in total. The Bertz CT molecular complexity index is 1150. The predicted octanol–water partition coefficient (Wildman–Crippen LogP) is 4.05. The molecule has 184 valence electrons. The van der Waals surface area contributed by atoms with Crippen molar-refractivity contribution in [2.75, 3.05) is 31.6 Å². The zero-order valence-electron chi connectivity index (χ0n) is 20.0. The summed E-state index contributed by atoms with van der Waals surface area (Å²) in [5.74, 6) is 1.01. The molecule has 9 heteroatoms. The number of urea groups is 1. The highest BCUT2D eigenvalue weighted by Gasteiger charge is 2.15. The van der Waals surface area contributed by atoms with Crippen LogP contribution in [0.3, 0.4) is 0 Å². The van der Waals surface area contributed by atoms with Gasteiger partial charge in [-0.1, -0.05) is 12.1 Å². The molecule has 3 heterocycles. The van der Waals surface area contributed by atoms with Crippen LogP contribution in [-0.4, -0.2) is 48.3 Å². The maximum atomic E-state index is 12.3. The number of aromatic nitrogens is 2. The summed E-state index contributed by atoms with van der Waals surface area (Å²) in [5.41, 5.74) is 2.88. The Hall–Kier alpha value is -3.72. The molecule has 35 heavy (non-hydrogen) atoms. The third-order valence-electron chi connectivity index (χ3n) is 6.14. The molecule has 2 aromatic heterocycles. The first-order chi connectivity index (χ1) is 17.1. The van der Waals surface area contributed by atoms with Gasteiger partial charge < -0.3 is 20.7 Å². The molecule has 0 unspecified atom stereocenters. The van der Waals surface area contributed by atoms with Crippen molar-refractivity contribution in [3.05, 3.63) is 54.5 Å². The second kappa shape index (κ2) is 12.1. The van der Waals surface area contributed by atoms with Crippen LogP contribution in [0.1, 0.15) is 31.7 Å². The van der Waals surface area contributed by atoms with E-state index in [1.165, 1.54) is 12.8 Å². The van der Waals surface area contributed by atoms with Crippen molar-refractivity contribution < 1.29 is 14.3 Å². The highest BCUT2D eigenvalue weighted by Crippen LogP contribution is 2.31. The second-order valence-corrected chi connectivity index (χ2v) is 8.60. The number of carbonyl (C=O) groups is 2. The number of hydrogen-bond donors (Lipinski definition) is 4. The molecule has 3 amide bonds. The topological polar surface area (TPSA) is 117 Å². The normalized spacial score (nSPS) is 15.4. The molecule has 0 spiro atoms. The molecule has 1 aromatic carbocycles. The molecule has 0 saturated carbocycles. The van der Waals surface area contributed by atoms with E-state index in [1.54, 1.807) is 18.6 Å². The van der Waals surface area contributed by atoms with Crippen LogP contribution in [0, 0.1) is 5.92 Å². The lowest BCUT2D eigenvalue weighted by Crippen LogP contribution is -2.31. The third-order valence-corrected chi connectivity index (χ3v) is 6.14. The lowest BCUT2D eigenvalue weighted by molar-refractivity contribution is 0.135. The van der Waals surface area contributed by atoms with Crippen LogP contribution in [0.15, 0.2) is 48.9 Å². The monoisotopic (exact) mass is 476 g/mol. The van der Waals surface area contributed by atoms with Crippen LogP contribution >= 0.6 is 0 Å². The van der Waals surface area contributed by atoms with Crippen LogP contribution in [0.25, 0.3) is 21.9 Å². The van der Waals surface area contributed by atoms with Gasteiger partial charge in [0.15, 0.2) is 0 Å². The van der Waals surface area contributed by atoms with Crippen LogP contribution in [-0.2, 0) is 11.3 Å². The van der Waals surface area contributed by atoms with Crippen LogP contribution in [0.4, 0.5) is 15.4 Å². The van der Waals surface area contributed by atoms with Gasteiger partial charge in [0, 0.05) is 37.1 Å². The fourth-order valence-electron chi connectivity index (χ4n) is 4.33. The van der Waals surface area contributed by atoms with E-state index in [4.69, 9.17) is 4.74 Å². The van der Waals surface area contributed by atoms with Crippen molar-refractivity contribution in [2.45, 2.75) is 32.7 Å². The number of piperidine rings is 1. The van der Waals surface area contributed by atoms with E-state index >= 15 is 0 Å². The van der Waals surface area contributed by atoms with Crippen molar-refractivity contribution in [2.24, 2.45) is 5.92 Å². The third kappa shape index (κ3) is 6.66. The lowest BCUT2D eigenvalue weighted by atomic mass is 9.96. The first-order valence-corrected chi connectivity index (χ1v) is 12.1. The van der Waals surface area contributed by atoms with Crippen LogP contribution in [0.5, 0.6) is 0 Å². The lowest BCUT2D eigenvalue weighted by Gasteiger charge is -2.22. The van der Waals surface area contributed by atoms with Crippen molar-refractivity contribution in [3.63, 3.8) is 0 Å². The van der Waals surface area contributed by atoms with Gasteiger partial charge in [-0.05, 0) is 85.5 Å².